The van der Waals surface area contributed by atoms with E-state index < -0.39 is 0 Å². The molecule has 0 atom stereocenters. The first-order valence-electron chi connectivity index (χ1n) is 8.13. The van der Waals surface area contributed by atoms with Crippen LogP contribution in [0.25, 0.3) is 0 Å². The molecule has 3 rings (SSSR count). The summed E-state index contributed by atoms with van der Waals surface area (Å²) in [5, 5.41) is 5.87. The van der Waals surface area contributed by atoms with Crippen molar-refractivity contribution in [2.75, 3.05) is 7.11 Å². The quantitative estimate of drug-likeness (QED) is 0.489. The second kappa shape index (κ2) is 10.5. The molecular formula is C20H20Cl2FNO2S. The molecule has 3 nitrogen and oxygen atoms in total. The molecule has 1 N–H and O–H groups in total. The van der Waals surface area contributed by atoms with Crippen LogP contribution in [-0.2, 0) is 19.7 Å². The Morgan fingerprint density at radius 2 is 1.93 bits per heavy atom. The van der Waals surface area contributed by atoms with Crippen molar-refractivity contribution in [3.05, 3.63) is 80.8 Å². The maximum atomic E-state index is 13.7. The Hall–Kier alpha value is -1.79. The molecule has 0 aliphatic heterocycles. The topological polar surface area (TPSA) is 30.5 Å². The lowest BCUT2D eigenvalue weighted by atomic mass is 10.2. The molecule has 0 saturated carbocycles. The van der Waals surface area contributed by atoms with Gasteiger partial charge in [-0.25, -0.2) is 4.39 Å². The largest absolute Gasteiger partial charge is 0.493 e. The number of thiophene rings is 1. The van der Waals surface area contributed by atoms with Crippen molar-refractivity contribution >= 4 is 35.3 Å². The van der Waals surface area contributed by atoms with Crippen LogP contribution in [0.1, 0.15) is 16.0 Å². The summed E-state index contributed by atoms with van der Waals surface area (Å²) in [7, 11) is 1.56. The average molecular weight is 428 g/mol. The minimum Gasteiger partial charge on any atom is -0.493 e. The highest BCUT2D eigenvalue weighted by Crippen LogP contribution is 2.37. The van der Waals surface area contributed by atoms with Gasteiger partial charge in [0.05, 0.1) is 12.1 Å². The molecule has 0 fully saturated rings. The number of nitrogens with one attached hydrogen (secondary N) is 1. The van der Waals surface area contributed by atoms with E-state index in [4.69, 9.17) is 21.1 Å². The van der Waals surface area contributed by atoms with Gasteiger partial charge in [-0.2, -0.15) is 0 Å². The van der Waals surface area contributed by atoms with Gasteiger partial charge in [-0.1, -0.05) is 35.9 Å². The summed E-state index contributed by atoms with van der Waals surface area (Å²) in [5.41, 5.74) is 1.45. The smallest absolute Gasteiger partial charge is 0.180 e. The van der Waals surface area contributed by atoms with Gasteiger partial charge in [-0.05, 0) is 35.2 Å². The molecule has 2 aromatic carbocycles. The second-order valence-corrected chi connectivity index (χ2v) is 7.11. The third-order valence-electron chi connectivity index (χ3n) is 3.83. The van der Waals surface area contributed by atoms with E-state index in [9.17, 15) is 4.39 Å². The van der Waals surface area contributed by atoms with Crippen molar-refractivity contribution in [1.29, 1.82) is 0 Å². The van der Waals surface area contributed by atoms with Gasteiger partial charge in [0.1, 0.15) is 12.4 Å². The van der Waals surface area contributed by atoms with Crippen molar-refractivity contribution in [3.8, 4) is 11.5 Å². The molecular weight excluding hydrogens is 408 g/mol. The highest BCUT2D eigenvalue weighted by molar-refractivity contribution is 7.09. The normalized spacial score (nSPS) is 10.3. The molecule has 3 aromatic rings. The number of benzene rings is 2. The average Bonchev–Trinajstić information content (AvgIpc) is 3.15. The predicted molar refractivity (Wildman–Crippen MR) is 111 cm³/mol. The van der Waals surface area contributed by atoms with Gasteiger partial charge in [0, 0.05) is 23.5 Å². The van der Waals surface area contributed by atoms with Gasteiger partial charge in [0.15, 0.2) is 11.5 Å². The van der Waals surface area contributed by atoms with Gasteiger partial charge in [-0.15, -0.1) is 23.7 Å². The first-order chi connectivity index (χ1) is 12.7. The van der Waals surface area contributed by atoms with E-state index >= 15 is 0 Å². The van der Waals surface area contributed by atoms with E-state index in [2.05, 4.69) is 16.8 Å². The van der Waals surface area contributed by atoms with Crippen LogP contribution in [0.15, 0.2) is 53.9 Å². The standard InChI is InChI=1S/C20H19ClFNO2S.ClH/c1-24-19-10-14(11-23-12-16-6-4-8-26-16)9-17(21)20(19)25-13-15-5-2-3-7-18(15)22;/h2-10,23H,11-13H2,1H3;1H. The third-order valence-corrected chi connectivity index (χ3v) is 4.98. The monoisotopic (exact) mass is 427 g/mol. The zero-order valence-corrected chi connectivity index (χ0v) is 17.1. The first kappa shape index (κ1) is 21.5. The van der Waals surface area contributed by atoms with Gasteiger partial charge in [0.25, 0.3) is 0 Å². The summed E-state index contributed by atoms with van der Waals surface area (Å²) in [6, 6.07) is 14.3. The summed E-state index contributed by atoms with van der Waals surface area (Å²) in [5.74, 6) is 0.637. The van der Waals surface area contributed by atoms with Crippen LogP contribution >= 0.6 is 35.3 Å². The van der Waals surface area contributed by atoms with Crippen molar-refractivity contribution < 1.29 is 13.9 Å². The molecule has 0 saturated heterocycles. The lowest BCUT2D eigenvalue weighted by Gasteiger charge is -2.15. The highest BCUT2D eigenvalue weighted by Gasteiger charge is 2.13. The summed E-state index contributed by atoms with van der Waals surface area (Å²) >= 11 is 8.09. The molecule has 0 unspecified atom stereocenters. The molecule has 0 aliphatic rings. The lowest BCUT2D eigenvalue weighted by Crippen LogP contribution is -2.12. The molecule has 0 bridgehead atoms. The fourth-order valence-electron chi connectivity index (χ4n) is 2.52. The van der Waals surface area contributed by atoms with Gasteiger partial charge < -0.3 is 14.8 Å². The van der Waals surface area contributed by atoms with Crippen LogP contribution in [0.3, 0.4) is 0 Å². The minimum absolute atomic E-state index is 0. The summed E-state index contributed by atoms with van der Waals surface area (Å²) in [4.78, 5) is 1.27. The fourth-order valence-corrected chi connectivity index (χ4v) is 3.49. The number of ether oxygens (including phenoxy) is 2. The Kier molecular flexibility index (Phi) is 8.38. The van der Waals surface area contributed by atoms with Crippen molar-refractivity contribution in [2.45, 2.75) is 19.7 Å². The van der Waals surface area contributed by atoms with Crippen molar-refractivity contribution in [3.63, 3.8) is 0 Å². The van der Waals surface area contributed by atoms with Crippen molar-refractivity contribution in [1.82, 2.24) is 5.32 Å². The van der Waals surface area contributed by atoms with Crippen LogP contribution < -0.4 is 14.8 Å². The maximum Gasteiger partial charge on any atom is 0.180 e. The molecule has 0 spiro atoms. The minimum atomic E-state index is -0.308. The molecule has 1 aromatic heterocycles. The number of rotatable bonds is 8. The lowest BCUT2D eigenvalue weighted by molar-refractivity contribution is 0.279. The molecule has 144 valence electrons. The van der Waals surface area contributed by atoms with Crippen LogP contribution in [0.4, 0.5) is 4.39 Å². The van der Waals surface area contributed by atoms with Gasteiger partial charge in [-0.3, -0.25) is 0 Å². The van der Waals surface area contributed by atoms with E-state index in [-0.39, 0.29) is 24.8 Å². The maximum absolute atomic E-state index is 13.7. The molecule has 7 heteroatoms. The van der Waals surface area contributed by atoms with Crippen LogP contribution in [0.2, 0.25) is 5.02 Å². The Balaban J connectivity index is 0.00000261. The summed E-state index contributed by atoms with van der Waals surface area (Å²) < 4.78 is 24.9. The molecule has 1 heterocycles. The number of halogens is 3. The fraction of sp³-hybridized carbons (Fsp3) is 0.200. The van der Waals surface area contributed by atoms with Gasteiger partial charge >= 0.3 is 0 Å². The Morgan fingerprint density at radius 3 is 2.63 bits per heavy atom. The predicted octanol–water partition coefficient (Wildman–Crippen LogP) is 5.84. The Bertz CT molecular complexity index is 859. The van der Waals surface area contributed by atoms with Crippen LogP contribution in [0, 0.1) is 5.82 Å². The molecule has 0 radical (unpaired) electrons. The second-order valence-electron chi connectivity index (χ2n) is 5.67. The van der Waals surface area contributed by atoms with E-state index in [0.717, 1.165) is 12.1 Å². The van der Waals surface area contributed by atoms with Crippen LogP contribution in [0.5, 0.6) is 11.5 Å². The number of hydrogen-bond acceptors (Lipinski definition) is 4. The summed E-state index contributed by atoms with van der Waals surface area (Å²) in [6.07, 6.45) is 0. The van der Waals surface area contributed by atoms with E-state index in [1.54, 1.807) is 36.6 Å². The Morgan fingerprint density at radius 1 is 1.11 bits per heavy atom. The van der Waals surface area contributed by atoms with E-state index in [0.29, 0.717) is 28.6 Å². The third kappa shape index (κ3) is 5.84. The summed E-state index contributed by atoms with van der Waals surface area (Å²) in [6.45, 7) is 1.53. The van der Waals surface area contributed by atoms with Crippen molar-refractivity contribution in [2.24, 2.45) is 0 Å². The zero-order chi connectivity index (χ0) is 18.4. The molecule has 0 amide bonds. The number of methoxy groups -OCH3 is 1. The van der Waals surface area contributed by atoms with Gasteiger partial charge in [0.2, 0.25) is 0 Å². The molecule has 0 aliphatic carbocycles. The highest BCUT2D eigenvalue weighted by atomic mass is 35.5. The first-order valence-corrected chi connectivity index (χ1v) is 9.39. The van der Waals surface area contributed by atoms with E-state index in [1.165, 1.54) is 10.9 Å². The number of hydrogen-bond donors (Lipinski definition) is 1. The van der Waals surface area contributed by atoms with E-state index in [1.807, 2.05) is 18.2 Å². The Labute approximate surface area is 173 Å². The SMILES string of the molecule is COc1cc(CNCc2cccs2)cc(Cl)c1OCc1ccccc1F.Cl. The zero-order valence-electron chi connectivity index (χ0n) is 14.7. The molecule has 27 heavy (non-hydrogen) atoms. The van der Waals surface area contributed by atoms with Crippen LogP contribution in [-0.4, -0.2) is 7.11 Å².